The molecule has 4 heteroatoms. The average Bonchev–Trinajstić information content (AvgIpc) is 1.84. The van der Waals surface area contributed by atoms with E-state index in [0.29, 0.717) is 5.76 Å². The molecule has 0 saturated carbocycles. The van der Waals surface area contributed by atoms with E-state index in [1.54, 1.807) is 13.0 Å². The van der Waals surface area contributed by atoms with Gasteiger partial charge in [-0.15, -0.1) is 10.1 Å². The summed E-state index contributed by atoms with van der Waals surface area (Å²) in [5, 5.41) is 9.13. The van der Waals surface area contributed by atoms with Crippen molar-refractivity contribution in [3.8, 4) is 0 Å². The molecule has 0 rings (SSSR count). The largest absolute Gasteiger partial charge is 0.299 e. The number of rotatable bonds is 4. The molecule has 12 heavy (non-hydrogen) atoms. The molecule has 0 fully saturated rings. The van der Waals surface area contributed by atoms with Crippen LogP contribution in [0.1, 0.15) is 34.1 Å². The Hall–Kier alpha value is -1.06. The summed E-state index contributed by atoms with van der Waals surface area (Å²) >= 11 is 0. The molecule has 0 atom stereocenters. The molecule has 70 valence electrons. The first-order chi connectivity index (χ1) is 5.37. The monoisotopic (exact) mass is 173 g/mol. The van der Waals surface area contributed by atoms with Crippen molar-refractivity contribution < 1.29 is 9.92 Å². The van der Waals surface area contributed by atoms with Crippen LogP contribution in [0.2, 0.25) is 0 Å². The molecule has 0 aromatic heterocycles. The van der Waals surface area contributed by atoms with Crippen LogP contribution in [0, 0.1) is 15.5 Å². The molecule has 0 aliphatic heterocycles. The zero-order chi connectivity index (χ0) is 9.78. The summed E-state index contributed by atoms with van der Waals surface area (Å²) in [6, 6.07) is 0. The fourth-order valence-corrected chi connectivity index (χ4v) is 0.796. The smallest absolute Gasteiger partial charge is 0.281 e. The summed E-state index contributed by atoms with van der Waals surface area (Å²) in [6.07, 6.45) is 2.68. The van der Waals surface area contributed by atoms with Gasteiger partial charge in [-0.3, -0.25) is 4.84 Å². The number of allylic oxidation sites excluding steroid dienone is 2. The van der Waals surface area contributed by atoms with Crippen molar-refractivity contribution in [2.45, 2.75) is 34.1 Å². The summed E-state index contributed by atoms with van der Waals surface area (Å²) in [7, 11) is 0. The molecule has 0 heterocycles. The first-order valence-corrected chi connectivity index (χ1v) is 3.89. The first-order valence-electron chi connectivity index (χ1n) is 3.89. The third kappa shape index (κ3) is 4.71. The Kier molecular flexibility index (Phi) is 3.73. The minimum Gasteiger partial charge on any atom is -0.281 e. The van der Waals surface area contributed by atoms with Crippen molar-refractivity contribution in [2.24, 2.45) is 5.41 Å². The van der Waals surface area contributed by atoms with Crippen LogP contribution >= 0.6 is 0 Å². The quantitative estimate of drug-likeness (QED) is 0.373. The van der Waals surface area contributed by atoms with Crippen molar-refractivity contribution in [1.82, 2.24) is 0 Å². The maximum Gasteiger partial charge on any atom is 0.299 e. The van der Waals surface area contributed by atoms with Crippen LogP contribution in [0.25, 0.3) is 0 Å². The number of nitrogens with zero attached hydrogens (tertiary/aromatic N) is 1. The van der Waals surface area contributed by atoms with Gasteiger partial charge in [0.15, 0.2) is 0 Å². The highest BCUT2D eigenvalue weighted by Gasteiger charge is 2.12. The minimum absolute atomic E-state index is 0.0416. The maximum absolute atomic E-state index is 9.93. The van der Waals surface area contributed by atoms with Gasteiger partial charge in [0.2, 0.25) is 0 Å². The van der Waals surface area contributed by atoms with Crippen molar-refractivity contribution in [1.29, 1.82) is 0 Å². The Labute approximate surface area is 72.3 Å². The van der Waals surface area contributed by atoms with Gasteiger partial charge in [-0.2, -0.15) is 0 Å². The summed E-state index contributed by atoms with van der Waals surface area (Å²) in [4.78, 5) is 14.2. The van der Waals surface area contributed by atoms with Crippen molar-refractivity contribution in [3.05, 3.63) is 21.9 Å². The molecule has 0 aromatic carbocycles. The molecule has 4 nitrogen and oxygen atoms in total. The number of hydrogen-bond donors (Lipinski definition) is 0. The van der Waals surface area contributed by atoms with Crippen molar-refractivity contribution >= 4 is 0 Å². The van der Waals surface area contributed by atoms with E-state index >= 15 is 0 Å². The highest BCUT2D eigenvalue weighted by atomic mass is 17.0. The molecule has 0 unspecified atom stereocenters. The van der Waals surface area contributed by atoms with E-state index in [2.05, 4.69) is 4.84 Å². The molecule has 0 saturated heterocycles. The lowest BCUT2D eigenvalue weighted by atomic mass is 9.90. The predicted octanol–water partition coefficient (Wildman–Crippen LogP) is 2.53. The van der Waals surface area contributed by atoms with Gasteiger partial charge in [0.25, 0.3) is 5.09 Å². The second-order valence-corrected chi connectivity index (χ2v) is 3.41. The molecule has 0 bridgehead atoms. The summed E-state index contributed by atoms with van der Waals surface area (Å²) in [5.41, 5.74) is -0.0416. The SMILES string of the molecule is CCC(C)(C)/C=C(/C)O[N+](=O)[O-]. The van der Waals surface area contributed by atoms with Crippen LogP contribution in [-0.2, 0) is 4.84 Å². The Morgan fingerprint density at radius 2 is 2.17 bits per heavy atom. The van der Waals surface area contributed by atoms with Crippen LogP contribution in [0.5, 0.6) is 0 Å². The summed E-state index contributed by atoms with van der Waals surface area (Å²) in [6.45, 7) is 7.61. The standard InChI is InChI=1S/C8H15NO3/c1-5-8(3,4)6-7(2)12-9(10)11/h6H,5H2,1-4H3/b7-6-. The van der Waals surface area contributed by atoms with Crippen LogP contribution in [0.3, 0.4) is 0 Å². The fraction of sp³-hybridized carbons (Fsp3) is 0.750. The van der Waals surface area contributed by atoms with E-state index in [9.17, 15) is 10.1 Å². The Morgan fingerprint density at radius 3 is 2.50 bits per heavy atom. The van der Waals surface area contributed by atoms with E-state index in [4.69, 9.17) is 0 Å². The van der Waals surface area contributed by atoms with Gasteiger partial charge in [-0.05, 0) is 18.8 Å². The first kappa shape index (κ1) is 10.9. The van der Waals surface area contributed by atoms with E-state index in [1.807, 2.05) is 20.8 Å². The number of hydrogen-bond acceptors (Lipinski definition) is 3. The Balaban J connectivity index is 4.24. The highest BCUT2D eigenvalue weighted by Crippen LogP contribution is 2.23. The van der Waals surface area contributed by atoms with Gasteiger partial charge < -0.3 is 0 Å². The molecule has 0 N–H and O–H groups in total. The van der Waals surface area contributed by atoms with Gasteiger partial charge in [-0.1, -0.05) is 26.8 Å². The van der Waals surface area contributed by atoms with E-state index in [1.165, 1.54) is 0 Å². The summed E-state index contributed by atoms with van der Waals surface area (Å²) in [5.74, 6) is 0.340. The van der Waals surface area contributed by atoms with Gasteiger partial charge in [-0.25, -0.2) is 0 Å². The van der Waals surface area contributed by atoms with E-state index in [0.717, 1.165) is 6.42 Å². The lowest BCUT2D eigenvalue weighted by molar-refractivity contribution is -0.743. The molecular weight excluding hydrogens is 158 g/mol. The molecule has 0 aliphatic carbocycles. The molecule has 0 spiro atoms. The van der Waals surface area contributed by atoms with E-state index in [-0.39, 0.29) is 5.41 Å². The predicted molar refractivity (Wildman–Crippen MR) is 45.9 cm³/mol. The van der Waals surface area contributed by atoms with Crippen molar-refractivity contribution in [2.75, 3.05) is 0 Å². The van der Waals surface area contributed by atoms with E-state index < -0.39 is 5.09 Å². The van der Waals surface area contributed by atoms with Gasteiger partial charge in [0.05, 0.1) is 5.76 Å². The normalized spacial score (nSPS) is 12.8. The van der Waals surface area contributed by atoms with Crippen LogP contribution in [0.15, 0.2) is 11.8 Å². The molecule has 0 aromatic rings. The topological polar surface area (TPSA) is 52.4 Å². The van der Waals surface area contributed by atoms with Crippen molar-refractivity contribution in [3.63, 3.8) is 0 Å². The van der Waals surface area contributed by atoms with Gasteiger partial charge in [0, 0.05) is 0 Å². The lowest BCUT2D eigenvalue weighted by Crippen LogP contribution is -2.08. The second-order valence-electron chi connectivity index (χ2n) is 3.41. The second kappa shape index (κ2) is 4.09. The zero-order valence-corrected chi connectivity index (χ0v) is 7.96. The summed E-state index contributed by atoms with van der Waals surface area (Å²) < 4.78 is 0. The minimum atomic E-state index is -0.794. The maximum atomic E-state index is 9.93. The molecule has 0 amide bonds. The van der Waals surface area contributed by atoms with Gasteiger partial charge >= 0.3 is 0 Å². The lowest BCUT2D eigenvalue weighted by Gasteiger charge is -2.17. The Morgan fingerprint density at radius 1 is 1.67 bits per heavy atom. The molecular formula is C8H15NO3. The van der Waals surface area contributed by atoms with Gasteiger partial charge in [0.1, 0.15) is 0 Å². The van der Waals surface area contributed by atoms with Crippen LogP contribution in [-0.4, -0.2) is 5.09 Å². The average molecular weight is 173 g/mol. The fourth-order valence-electron chi connectivity index (χ4n) is 0.796. The third-order valence-corrected chi connectivity index (χ3v) is 1.72. The third-order valence-electron chi connectivity index (χ3n) is 1.72. The van der Waals surface area contributed by atoms with Crippen LogP contribution in [0.4, 0.5) is 0 Å². The Bertz CT molecular complexity index is 196. The zero-order valence-electron chi connectivity index (χ0n) is 7.96. The highest BCUT2D eigenvalue weighted by molar-refractivity contribution is 4.97. The van der Waals surface area contributed by atoms with Crippen LogP contribution < -0.4 is 0 Å². The molecule has 0 aliphatic rings. The molecule has 0 radical (unpaired) electrons.